The van der Waals surface area contributed by atoms with Gasteiger partial charge in [0.2, 0.25) is 0 Å². The van der Waals surface area contributed by atoms with Gasteiger partial charge in [0, 0.05) is 30.5 Å². The van der Waals surface area contributed by atoms with Gasteiger partial charge in [-0.2, -0.15) is 0 Å². The zero-order valence-electron chi connectivity index (χ0n) is 11.0. The second kappa shape index (κ2) is 6.63. The van der Waals surface area contributed by atoms with Crippen LogP contribution in [0.5, 0.6) is 0 Å². The van der Waals surface area contributed by atoms with Crippen molar-refractivity contribution in [2.75, 3.05) is 13.1 Å². The molecule has 2 aromatic rings. The predicted molar refractivity (Wildman–Crippen MR) is 80.1 cm³/mol. The van der Waals surface area contributed by atoms with Crippen molar-refractivity contribution in [2.45, 2.75) is 18.9 Å². The molecule has 0 aliphatic carbocycles. The largest absolute Gasteiger partial charge is 0.348 e. The first-order valence-electron chi connectivity index (χ1n) is 6.55. The molecule has 1 aliphatic rings. The Morgan fingerprint density at radius 1 is 1.25 bits per heavy atom. The predicted octanol–water partition coefficient (Wildman–Crippen LogP) is 1.53. The van der Waals surface area contributed by atoms with E-state index in [1.807, 2.05) is 6.07 Å². The van der Waals surface area contributed by atoms with Gasteiger partial charge in [0.15, 0.2) is 0 Å². The highest BCUT2D eigenvalue weighted by Crippen LogP contribution is 2.11. The van der Waals surface area contributed by atoms with E-state index in [9.17, 15) is 4.79 Å². The number of rotatable bonds is 2. The normalized spacial score (nSPS) is 18.3. The topological polar surface area (TPSA) is 66.9 Å². The summed E-state index contributed by atoms with van der Waals surface area (Å²) in [6.07, 6.45) is 5.42. The van der Waals surface area contributed by atoms with Crippen LogP contribution < -0.4 is 10.6 Å². The summed E-state index contributed by atoms with van der Waals surface area (Å²) >= 11 is 0. The molecule has 0 spiro atoms. The van der Waals surface area contributed by atoms with Crippen LogP contribution in [0.4, 0.5) is 0 Å². The fourth-order valence-corrected chi connectivity index (χ4v) is 2.35. The lowest BCUT2D eigenvalue weighted by atomic mass is 10.1. The van der Waals surface area contributed by atoms with E-state index in [1.54, 1.807) is 24.5 Å². The van der Waals surface area contributed by atoms with Crippen molar-refractivity contribution in [1.82, 2.24) is 20.6 Å². The number of aromatic nitrogens is 2. The number of benzene rings is 1. The standard InChI is InChI=1S/C14H16N4O.ClH/c19-14(18-11-2-1-5-15-9-11)10-3-4-12-13(8-10)17-7-6-16-12;/h3-4,6-8,11,15H,1-2,5,9H2,(H,18,19);1H. The number of fused-ring (bicyclic) bond motifs is 1. The van der Waals surface area contributed by atoms with Crippen LogP contribution in [0.3, 0.4) is 0 Å². The Kier molecular flexibility index (Phi) is 4.87. The molecule has 1 atom stereocenters. The van der Waals surface area contributed by atoms with Crippen LogP contribution in [-0.4, -0.2) is 35.0 Å². The monoisotopic (exact) mass is 292 g/mol. The summed E-state index contributed by atoms with van der Waals surface area (Å²) in [5.74, 6) is -0.0405. The molecule has 1 unspecified atom stereocenters. The molecule has 1 aromatic heterocycles. The first-order valence-corrected chi connectivity index (χ1v) is 6.55. The highest BCUT2D eigenvalue weighted by Gasteiger charge is 2.16. The zero-order valence-corrected chi connectivity index (χ0v) is 11.8. The van der Waals surface area contributed by atoms with E-state index in [1.165, 1.54) is 0 Å². The fourth-order valence-electron chi connectivity index (χ4n) is 2.35. The van der Waals surface area contributed by atoms with Crippen molar-refractivity contribution < 1.29 is 4.79 Å². The minimum absolute atomic E-state index is 0. The number of amides is 1. The fraction of sp³-hybridized carbons (Fsp3) is 0.357. The van der Waals surface area contributed by atoms with Crippen molar-refractivity contribution in [2.24, 2.45) is 0 Å². The van der Waals surface area contributed by atoms with E-state index in [-0.39, 0.29) is 24.4 Å². The van der Waals surface area contributed by atoms with Gasteiger partial charge in [0.1, 0.15) is 0 Å². The van der Waals surface area contributed by atoms with Crippen LogP contribution >= 0.6 is 12.4 Å². The maximum Gasteiger partial charge on any atom is 0.251 e. The number of piperidine rings is 1. The Morgan fingerprint density at radius 2 is 2.05 bits per heavy atom. The van der Waals surface area contributed by atoms with E-state index in [0.29, 0.717) is 5.56 Å². The average Bonchev–Trinajstić information content (AvgIpc) is 2.48. The van der Waals surface area contributed by atoms with Gasteiger partial charge < -0.3 is 10.6 Å². The molecule has 1 aliphatic heterocycles. The number of hydrogen-bond acceptors (Lipinski definition) is 4. The molecule has 6 heteroatoms. The van der Waals surface area contributed by atoms with Gasteiger partial charge in [0.05, 0.1) is 11.0 Å². The number of carbonyl (C=O) groups excluding carboxylic acids is 1. The van der Waals surface area contributed by atoms with Gasteiger partial charge in [-0.25, -0.2) is 0 Å². The second-order valence-corrected chi connectivity index (χ2v) is 4.78. The lowest BCUT2D eigenvalue weighted by molar-refractivity contribution is 0.0931. The summed E-state index contributed by atoms with van der Waals surface area (Å²) in [6, 6.07) is 5.63. The number of hydrogen-bond donors (Lipinski definition) is 2. The molecule has 0 saturated carbocycles. The summed E-state index contributed by atoms with van der Waals surface area (Å²) in [4.78, 5) is 20.6. The van der Waals surface area contributed by atoms with Crippen molar-refractivity contribution >= 4 is 29.3 Å². The van der Waals surface area contributed by atoms with E-state index < -0.39 is 0 Å². The number of halogens is 1. The number of carbonyl (C=O) groups is 1. The van der Waals surface area contributed by atoms with E-state index in [2.05, 4.69) is 20.6 Å². The van der Waals surface area contributed by atoms with E-state index in [0.717, 1.165) is 37.0 Å². The second-order valence-electron chi connectivity index (χ2n) is 4.78. The SMILES string of the molecule is Cl.O=C(NC1CCCNC1)c1ccc2nccnc2c1. The van der Waals surface area contributed by atoms with Crippen LogP contribution in [0.25, 0.3) is 11.0 Å². The number of nitrogens with one attached hydrogen (secondary N) is 2. The van der Waals surface area contributed by atoms with Gasteiger partial charge in [-0.3, -0.25) is 14.8 Å². The minimum atomic E-state index is -0.0405. The van der Waals surface area contributed by atoms with Crippen LogP contribution in [-0.2, 0) is 0 Å². The Morgan fingerprint density at radius 3 is 2.80 bits per heavy atom. The maximum absolute atomic E-state index is 12.2. The van der Waals surface area contributed by atoms with Crippen LogP contribution in [0, 0.1) is 0 Å². The van der Waals surface area contributed by atoms with Crippen LogP contribution in [0.2, 0.25) is 0 Å². The first kappa shape index (κ1) is 14.7. The highest BCUT2D eigenvalue weighted by atomic mass is 35.5. The van der Waals surface area contributed by atoms with Gasteiger partial charge in [-0.05, 0) is 37.6 Å². The lowest BCUT2D eigenvalue weighted by Crippen LogP contribution is -2.45. The van der Waals surface area contributed by atoms with Gasteiger partial charge in [-0.1, -0.05) is 0 Å². The molecule has 2 heterocycles. The summed E-state index contributed by atoms with van der Waals surface area (Å²) in [5, 5.41) is 6.33. The molecule has 0 bridgehead atoms. The molecule has 106 valence electrons. The van der Waals surface area contributed by atoms with Crippen molar-refractivity contribution in [3.63, 3.8) is 0 Å². The van der Waals surface area contributed by atoms with Crippen molar-refractivity contribution in [3.8, 4) is 0 Å². The Hall–Kier alpha value is -1.72. The summed E-state index contributed by atoms with van der Waals surface area (Å²) < 4.78 is 0. The maximum atomic E-state index is 12.2. The number of nitrogens with zero attached hydrogens (tertiary/aromatic N) is 2. The molecule has 0 radical (unpaired) electrons. The summed E-state index contributed by atoms with van der Waals surface area (Å²) in [7, 11) is 0. The minimum Gasteiger partial charge on any atom is -0.348 e. The van der Waals surface area contributed by atoms with E-state index >= 15 is 0 Å². The highest BCUT2D eigenvalue weighted by molar-refractivity contribution is 5.97. The Labute approximate surface area is 123 Å². The molecular weight excluding hydrogens is 276 g/mol. The molecule has 1 fully saturated rings. The lowest BCUT2D eigenvalue weighted by Gasteiger charge is -2.23. The quantitative estimate of drug-likeness (QED) is 0.881. The third kappa shape index (κ3) is 3.23. The molecule has 20 heavy (non-hydrogen) atoms. The van der Waals surface area contributed by atoms with Gasteiger partial charge in [-0.15, -0.1) is 12.4 Å². The molecule has 1 amide bonds. The first-order chi connectivity index (χ1) is 9.33. The summed E-state index contributed by atoms with van der Waals surface area (Å²) in [5.41, 5.74) is 2.19. The Bertz CT molecular complexity index is 598. The van der Waals surface area contributed by atoms with Crippen LogP contribution in [0.15, 0.2) is 30.6 Å². The van der Waals surface area contributed by atoms with Crippen molar-refractivity contribution in [1.29, 1.82) is 0 Å². The average molecular weight is 293 g/mol. The molecule has 2 N–H and O–H groups in total. The van der Waals surface area contributed by atoms with Gasteiger partial charge in [0.25, 0.3) is 5.91 Å². The molecular formula is C14H17ClN4O. The Balaban J connectivity index is 0.00000147. The third-order valence-electron chi connectivity index (χ3n) is 3.36. The van der Waals surface area contributed by atoms with Crippen LogP contribution in [0.1, 0.15) is 23.2 Å². The van der Waals surface area contributed by atoms with Gasteiger partial charge >= 0.3 is 0 Å². The molecule has 3 rings (SSSR count). The zero-order chi connectivity index (χ0) is 13.1. The molecule has 1 saturated heterocycles. The van der Waals surface area contributed by atoms with Crippen molar-refractivity contribution in [3.05, 3.63) is 36.2 Å². The summed E-state index contributed by atoms with van der Waals surface area (Å²) in [6.45, 7) is 1.89. The molecule has 5 nitrogen and oxygen atoms in total. The molecule has 1 aromatic carbocycles. The third-order valence-corrected chi connectivity index (χ3v) is 3.36. The van der Waals surface area contributed by atoms with E-state index in [4.69, 9.17) is 0 Å². The smallest absolute Gasteiger partial charge is 0.251 e.